The van der Waals surface area contributed by atoms with Gasteiger partial charge in [0.2, 0.25) is 0 Å². The number of nitrogens with zero attached hydrogens (tertiary/aromatic N) is 2. The molecule has 34 heavy (non-hydrogen) atoms. The van der Waals surface area contributed by atoms with Crippen molar-refractivity contribution in [2.24, 2.45) is 0 Å². The number of carbonyl (C=O) groups is 1. The van der Waals surface area contributed by atoms with Gasteiger partial charge in [0.1, 0.15) is 5.82 Å². The van der Waals surface area contributed by atoms with E-state index in [1.54, 1.807) is 0 Å². The van der Waals surface area contributed by atoms with Crippen molar-refractivity contribution in [2.45, 2.75) is 45.7 Å². The summed E-state index contributed by atoms with van der Waals surface area (Å²) in [5.41, 5.74) is 5.76. The zero-order valence-corrected chi connectivity index (χ0v) is 20.1. The molecule has 1 saturated heterocycles. The molecule has 5 heteroatoms. The number of piperidine rings is 1. The lowest BCUT2D eigenvalue weighted by Crippen LogP contribution is -2.40. The largest absolute Gasteiger partial charge is 0.338 e. The minimum atomic E-state index is -0.189. The Balaban J connectivity index is 1.47. The number of benzene rings is 3. The van der Waals surface area contributed by atoms with Gasteiger partial charge in [0, 0.05) is 18.8 Å². The molecule has 0 unspecified atom stereocenters. The molecule has 0 saturated carbocycles. The number of halogens is 1. The lowest BCUT2D eigenvalue weighted by Gasteiger charge is -2.33. The van der Waals surface area contributed by atoms with Gasteiger partial charge in [-0.15, -0.1) is 0 Å². The van der Waals surface area contributed by atoms with Gasteiger partial charge in [-0.1, -0.05) is 54.1 Å². The maximum absolute atomic E-state index is 13.2. The topological polar surface area (TPSA) is 35.6 Å². The Hall–Kier alpha value is -3.18. The van der Waals surface area contributed by atoms with Gasteiger partial charge < -0.3 is 5.32 Å². The van der Waals surface area contributed by atoms with Gasteiger partial charge in [-0.2, -0.15) is 0 Å². The second kappa shape index (κ2) is 11.3. The van der Waals surface area contributed by atoms with E-state index in [0.29, 0.717) is 19.0 Å². The molecule has 0 aromatic heterocycles. The number of carbonyl (C=O) groups excluding carboxylic acids is 1. The predicted octanol–water partition coefficient (Wildman–Crippen LogP) is 6.25. The molecule has 0 bridgehead atoms. The second-order valence-corrected chi connectivity index (χ2v) is 9.13. The van der Waals surface area contributed by atoms with Gasteiger partial charge in [-0.3, -0.25) is 9.80 Å². The van der Waals surface area contributed by atoms with Crippen LogP contribution in [0.2, 0.25) is 0 Å². The highest BCUT2D eigenvalue weighted by Crippen LogP contribution is 2.32. The Morgan fingerprint density at radius 1 is 1.00 bits per heavy atom. The van der Waals surface area contributed by atoms with Crippen LogP contribution >= 0.6 is 0 Å². The van der Waals surface area contributed by atoms with Crippen LogP contribution < -0.4 is 10.2 Å². The molecule has 0 radical (unpaired) electrons. The molecule has 4 rings (SSSR count). The van der Waals surface area contributed by atoms with E-state index >= 15 is 0 Å². The average molecular weight is 460 g/mol. The van der Waals surface area contributed by atoms with E-state index in [0.717, 1.165) is 43.7 Å². The fourth-order valence-electron chi connectivity index (χ4n) is 4.75. The molecule has 0 aliphatic carbocycles. The third kappa shape index (κ3) is 6.03. The molecule has 1 aliphatic heterocycles. The first-order valence-corrected chi connectivity index (χ1v) is 12.2. The van der Waals surface area contributed by atoms with E-state index in [4.69, 9.17) is 0 Å². The molecule has 4 nitrogen and oxygen atoms in total. The number of aryl methyl sites for hydroxylation is 1. The standard InChI is InChI=1S/C29H34FN3O/c1-3-31-29(34)33(27-14-8-22(2)9-15-27)21-25-6-4-5-7-28(25)24-16-18-32(19-17-24)20-23-10-12-26(30)13-11-23/h4-15,24H,3,16-21H2,1-2H3,(H,31,34). The Kier molecular flexibility index (Phi) is 7.96. The number of amides is 2. The maximum atomic E-state index is 13.2. The number of hydrogen-bond acceptors (Lipinski definition) is 2. The average Bonchev–Trinajstić information content (AvgIpc) is 2.85. The minimum absolute atomic E-state index is 0.0738. The molecule has 1 fully saturated rings. The van der Waals surface area contributed by atoms with Crippen LogP contribution in [0, 0.1) is 12.7 Å². The molecule has 1 aliphatic rings. The van der Waals surface area contributed by atoms with Crippen LogP contribution in [-0.4, -0.2) is 30.6 Å². The number of urea groups is 1. The summed E-state index contributed by atoms with van der Waals surface area (Å²) in [6, 6.07) is 23.4. The van der Waals surface area contributed by atoms with E-state index in [2.05, 4.69) is 41.4 Å². The van der Waals surface area contributed by atoms with Gasteiger partial charge in [0.25, 0.3) is 0 Å². The van der Waals surface area contributed by atoms with Gasteiger partial charge >= 0.3 is 6.03 Å². The lowest BCUT2D eigenvalue weighted by atomic mass is 9.86. The third-order valence-electron chi connectivity index (χ3n) is 6.65. The molecular formula is C29H34FN3O. The number of anilines is 1. The second-order valence-electron chi connectivity index (χ2n) is 9.13. The molecule has 1 N–H and O–H groups in total. The highest BCUT2D eigenvalue weighted by atomic mass is 19.1. The van der Waals surface area contributed by atoms with Crippen molar-refractivity contribution >= 4 is 11.7 Å². The number of nitrogens with one attached hydrogen (secondary N) is 1. The first kappa shape index (κ1) is 24.0. The van der Waals surface area contributed by atoms with Crippen LogP contribution in [0.5, 0.6) is 0 Å². The predicted molar refractivity (Wildman–Crippen MR) is 137 cm³/mol. The molecule has 178 valence electrons. The van der Waals surface area contributed by atoms with E-state index in [1.165, 1.54) is 28.8 Å². The zero-order chi connectivity index (χ0) is 23.9. The van der Waals surface area contributed by atoms with Crippen LogP contribution in [0.1, 0.15) is 47.9 Å². The molecule has 3 aromatic rings. The van der Waals surface area contributed by atoms with E-state index in [1.807, 2.05) is 48.2 Å². The zero-order valence-electron chi connectivity index (χ0n) is 20.1. The first-order chi connectivity index (χ1) is 16.5. The van der Waals surface area contributed by atoms with E-state index in [9.17, 15) is 9.18 Å². The quantitative estimate of drug-likeness (QED) is 0.453. The Morgan fingerprint density at radius 3 is 2.35 bits per heavy atom. The number of hydrogen-bond donors (Lipinski definition) is 1. The van der Waals surface area contributed by atoms with Crippen LogP contribution in [0.4, 0.5) is 14.9 Å². The summed E-state index contributed by atoms with van der Waals surface area (Å²) in [5.74, 6) is 0.279. The van der Waals surface area contributed by atoms with Crippen molar-refractivity contribution in [3.8, 4) is 0 Å². The molecular weight excluding hydrogens is 425 g/mol. The summed E-state index contributed by atoms with van der Waals surface area (Å²) in [5, 5.41) is 2.97. The van der Waals surface area contributed by atoms with Crippen molar-refractivity contribution in [3.05, 3.63) is 101 Å². The van der Waals surface area contributed by atoms with Gasteiger partial charge in [0.05, 0.1) is 6.54 Å². The van der Waals surface area contributed by atoms with Gasteiger partial charge in [0.15, 0.2) is 0 Å². The summed E-state index contributed by atoms with van der Waals surface area (Å²) in [7, 11) is 0. The Morgan fingerprint density at radius 2 is 1.68 bits per heavy atom. The lowest BCUT2D eigenvalue weighted by molar-refractivity contribution is 0.204. The summed E-state index contributed by atoms with van der Waals surface area (Å²) >= 11 is 0. The first-order valence-electron chi connectivity index (χ1n) is 12.2. The highest BCUT2D eigenvalue weighted by Gasteiger charge is 2.24. The fraction of sp³-hybridized carbons (Fsp3) is 0.345. The van der Waals surface area contributed by atoms with Gasteiger partial charge in [-0.05, 0) is 86.7 Å². The van der Waals surface area contributed by atoms with Crippen LogP contribution in [-0.2, 0) is 13.1 Å². The van der Waals surface area contributed by atoms with Gasteiger partial charge in [-0.25, -0.2) is 9.18 Å². The highest BCUT2D eigenvalue weighted by molar-refractivity contribution is 5.91. The fourth-order valence-corrected chi connectivity index (χ4v) is 4.75. The van der Waals surface area contributed by atoms with Crippen molar-refractivity contribution in [2.75, 3.05) is 24.5 Å². The maximum Gasteiger partial charge on any atom is 0.322 e. The molecule has 2 amide bonds. The summed E-state index contributed by atoms with van der Waals surface area (Å²) < 4.78 is 13.2. The van der Waals surface area contributed by atoms with Crippen molar-refractivity contribution in [1.29, 1.82) is 0 Å². The molecule has 0 atom stereocenters. The minimum Gasteiger partial charge on any atom is -0.338 e. The van der Waals surface area contributed by atoms with Crippen molar-refractivity contribution in [3.63, 3.8) is 0 Å². The number of rotatable bonds is 7. The molecule has 1 heterocycles. The molecule has 0 spiro atoms. The van der Waals surface area contributed by atoms with Crippen LogP contribution in [0.25, 0.3) is 0 Å². The summed E-state index contributed by atoms with van der Waals surface area (Å²) in [6.07, 6.45) is 2.15. The van der Waals surface area contributed by atoms with Crippen LogP contribution in [0.3, 0.4) is 0 Å². The summed E-state index contributed by atoms with van der Waals surface area (Å²) in [6.45, 7) is 8.00. The SMILES string of the molecule is CCNC(=O)N(Cc1ccccc1C1CCN(Cc2ccc(F)cc2)CC1)c1ccc(C)cc1. The van der Waals surface area contributed by atoms with Crippen molar-refractivity contribution < 1.29 is 9.18 Å². The summed E-state index contributed by atoms with van der Waals surface area (Å²) in [4.78, 5) is 17.2. The van der Waals surface area contributed by atoms with E-state index < -0.39 is 0 Å². The monoisotopic (exact) mass is 459 g/mol. The normalized spacial score (nSPS) is 14.7. The van der Waals surface area contributed by atoms with Crippen LogP contribution in [0.15, 0.2) is 72.8 Å². The van der Waals surface area contributed by atoms with Crippen molar-refractivity contribution in [1.82, 2.24) is 10.2 Å². The third-order valence-corrected chi connectivity index (χ3v) is 6.65. The Bertz CT molecular complexity index is 1070. The molecule has 3 aromatic carbocycles. The smallest absolute Gasteiger partial charge is 0.322 e. The Labute approximate surface area is 202 Å². The van der Waals surface area contributed by atoms with E-state index in [-0.39, 0.29) is 11.8 Å². The number of likely N-dealkylation sites (tertiary alicyclic amines) is 1.